The molecular formula is C20H24N2O3S. The highest BCUT2D eigenvalue weighted by atomic mass is 32.1. The summed E-state index contributed by atoms with van der Waals surface area (Å²) in [6.45, 7) is 5.37. The fourth-order valence-corrected chi connectivity index (χ4v) is 3.71. The molecule has 1 atom stereocenters. The average molecular weight is 372 g/mol. The maximum atomic E-state index is 12.8. The first-order chi connectivity index (χ1) is 12.3. The minimum Gasteiger partial charge on any atom is -0.444 e. The number of alkyl carbamates (subject to hydrolysis) is 1. The Morgan fingerprint density at radius 3 is 2.62 bits per heavy atom. The number of nitrogens with one attached hydrogen (secondary N) is 2. The molecule has 0 saturated heterocycles. The van der Waals surface area contributed by atoms with E-state index in [9.17, 15) is 9.59 Å². The first kappa shape index (κ1) is 18.5. The number of carbonyl (C=O) groups excluding carboxylic acids is 2. The third-order valence-electron chi connectivity index (χ3n) is 4.17. The number of fused-ring (bicyclic) bond motifs is 1. The molecule has 1 aromatic carbocycles. The van der Waals surface area contributed by atoms with E-state index < -0.39 is 17.7 Å². The molecule has 5 nitrogen and oxygen atoms in total. The maximum Gasteiger partial charge on any atom is 0.408 e. The van der Waals surface area contributed by atoms with Crippen LogP contribution in [0.3, 0.4) is 0 Å². The largest absolute Gasteiger partial charge is 0.444 e. The van der Waals surface area contributed by atoms with Crippen LogP contribution in [0.2, 0.25) is 0 Å². The fraction of sp³-hybridized carbons (Fsp3) is 0.400. The number of benzene rings is 1. The van der Waals surface area contributed by atoms with Crippen molar-refractivity contribution in [3.63, 3.8) is 0 Å². The van der Waals surface area contributed by atoms with E-state index in [1.807, 2.05) is 29.0 Å². The lowest BCUT2D eigenvalue weighted by atomic mass is 10.1. The zero-order valence-corrected chi connectivity index (χ0v) is 16.1. The number of amides is 2. The normalized spacial score (nSPS) is 14.4. The highest BCUT2D eigenvalue weighted by molar-refractivity contribution is 7.08. The number of aryl methyl sites for hydroxylation is 2. The average Bonchev–Trinajstić information content (AvgIpc) is 3.21. The number of anilines is 1. The van der Waals surface area contributed by atoms with Crippen molar-refractivity contribution in [2.75, 3.05) is 5.32 Å². The van der Waals surface area contributed by atoms with E-state index in [4.69, 9.17) is 4.74 Å². The second kappa shape index (κ2) is 7.50. The predicted octanol–water partition coefficient (Wildman–Crippen LogP) is 4.44. The van der Waals surface area contributed by atoms with Gasteiger partial charge in [-0.3, -0.25) is 4.79 Å². The van der Waals surface area contributed by atoms with Gasteiger partial charge in [0.15, 0.2) is 0 Å². The molecule has 0 spiro atoms. The van der Waals surface area contributed by atoms with Crippen molar-refractivity contribution in [3.05, 3.63) is 51.7 Å². The van der Waals surface area contributed by atoms with Gasteiger partial charge in [0.25, 0.3) is 5.91 Å². The van der Waals surface area contributed by atoms with E-state index in [2.05, 4.69) is 16.7 Å². The van der Waals surface area contributed by atoms with Crippen molar-refractivity contribution in [2.45, 2.75) is 51.7 Å². The summed E-state index contributed by atoms with van der Waals surface area (Å²) in [7, 11) is 0. The minimum atomic E-state index is -0.802. The molecule has 0 aliphatic heterocycles. The topological polar surface area (TPSA) is 67.4 Å². The molecule has 0 fully saturated rings. The summed E-state index contributed by atoms with van der Waals surface area (Å²) >= 11 is 1.48. The molecule has 1 unspecified atom stereocenters. The van der Waals surface area contributed by atoms with Crippen LogP contribution in [0.5, 0.6) is 0 Å². The molecule has 138 valence electrons. The van der Waals surface area contributed by atoms with Gasteiger partial charge in [-0.2, -0.15) is 11.3 Å². The van der Waals surface area contributed by atoms with Crippen LogP contribution < -0.4 is 10.6 Å². The van der Waals surface area contributed by atoms with Crippen LogP contribution in [0, 0.1) is 0 Å². The summed E-state index contributed by atoms with van der Waals surface area (Å²) in [5.74, 6) is -0.285. The van der Waals surface area contributed by atoms with Crippen molar-refractivity contribution >= 4 is 29.0 Å². The Morgan fingerprint density at radius 2 is 1.92 bits per heavy atom. The van der Waals surface area contributed by atoms with E-state index in [1.165, 1.54) is 22.5 Å². The fourth-order valence-electron chi connectivity index (χ4n) is 3.03. The van der Waals surface area contributed by atoms with Crippen LogP contribution in [0.1, 0.15) is 49.9 Å². The summed E-state index contributed by atoms with van der Waals surface area (Å²) in [5.41, 5.74) is 3.50. The van der Waals surface area contributed by atoms with Crippen LogP contribution in [0.25, 0.3) is 0 Å². The molecule has 1 aliphatic carbocycles. The molecule has 2 N–H and O–H groups in total. The van der Waals surface area contributed by atoms with E-state index in [0.29, 0.717) is 0 Å². The number of rotatable bonds is 4. The van der Waals surface area contributed by atoms with Crippen molar-refractivity contribution in [2.24, 2.45) is 0 Å². The quantitative estimate of drug-likeness (QED) is 0.834. The number of carbonyl (C=O) groups is 2. The van der Waals surface area contributed by atoms with Crippen LogP contribution >= 0.6 is 11.3 Å². The highest BCUT2D eigenvalue weighted by Crippen LogP contribution is 2.26. The second-order valence-corrected chi connectivity index (χ2v) is 8.24. The molecule has 1 heterocycles. The van der Waals surface area contributed by atoms with Crippen molar-refractivity contribution < 1.29 is 14.3 Å². The van der Waals surface area contributed by atoms with Gasteiger partial charge in [-0.05, 0) is 85.7 Å². The summed E-state index contributed by atoms with van der Waals surface area (Å²) in [4.78, 5) is 25.0. The van der Waals surface area contributed by atoms with Crippen molar-refractivity contribution in [3.8, 4) is 0 Å². The maximum absolute atomic E-state index is 12.8. The van der Waals surface area contributed by atoms with Crippen molar-refractivity contribution in [1.29, 1.82) is 0 Å². The van der Waals surface area contributed by atoms with E-state index in [1.54, 1.807) is 20.8 Å². The number of ether oxygens (including phenoxy) is 1. The number of thiophene rings is 1. The van der Waals surface area contributed by atoms with Gasteiger partial charge < -0.3 is 15.4 Å². The Balaban J connectivity index is 1.74. The number of hydrogen-bond acceptors (Lipinski definition) is 4. The summed E-state index contributed by atoms with van der Waals surface area (Å²) in [5, 5.41) is 9.33. The Morgan fingerprint density at radius 1 is 1.15 bits per heavy atom. The van der Waals surface area contributed by atoms with Gasteiger partial charge in [0.05, 0.1) is 0 Å². The van der Waals surface area contributed by atoms with Crippen LogP contribution in [0.4, 0.5) is 10.5 Å². The zero-order valence-electron chi connectivity index (χ0n) is 15.3. The van der Waals surface area contributed by atoms with Gasteiger partial charge in [-0.1, -0.05) is 6.07 Å². The smallest absolute Gasteiger partial charge is 0.408 e. The van der Waals surface area contributed by atoms with E-state index in [0.717, 1.165) is 30.5 Å². The summed E-state index contributed by atoms with van der Waals surface area (Å²) in [6.07, 6.45) is 2.69. The van der Waals surface area contributed by atoms with E-state index >= 15 is 0 Å². The lowest BCUT2D eigenvalue weighted by molar-refractivity contribution is -0.118. The molecule has 0 radical (unpaired) electrons. The first-order valence-electron chi connectivity index (χ1n) is 8.76. The Labute approximate surface area is 157 Å². The lowest BCUT2D eigenvalue weighted by Gasteiger charge is -2.23. The molecule has 2 amide bonds. The molecule has 1 aromatic heterocycles. The molecule has 3 rings (SSSR count). The molecule has 0 bridgehead atoms. The van der Waals surface area contributed by atoms with Crippen LogP contribution in [0.15, 0.2) is 35.0 Å². The van der Waals surface area contributed by atoms with Crippen LogP contribution in [-0.2, 0) is 22.4 Å². The van der Waals surface area contributed by atoms with Crippen LogP contribution in [-0.4, -0.2) is 17.6 Å². The highest BCUT2D eigenvalue weighted by Gasteiger charge is 2.26. The van der Waals surface area contributed by atoms with Gasteiger partial charge in [0, 0.05) is 5.69 Å². The van der Waals surface area contributed by atoms with E-state index in [-0.39, 0.29) is 5.91 Å². The Bertz CT molecular complexity index is 794. The minimum absolute atomic E-state index is 0.285. The lowest BCUT2D eigenvalue weighted by Crippen LogP contribution is -2.40. The molecule has 0 saturated carbocycles. The molecule has 26 heavy (non-hydrogen) atoms. The van der Waals surface area contributed by atoms with Gasteiger partial charge in [-0.25, -0.2) is 4.79 Å². The second-order valence-electron chi connectivity index (χ2n) is 7.46. The summed E-state index contributed by atoms with van der Waals surface area (Å²) in [6, 6.07) is 7.04. The zero-order chi connectivity index (χ0) is 18.7. The van der Waals surface area contributed by atoms with Gasteiger partial charge in [0.1, 0.15) is 11.6 Å². The first-order valence-corrected chi connectivity index (χ1v) is 9.70. The predicted molar refractivity (Wildman–Crippen MR) is 104 cm³/mol. The standard InChI is InChI=1S/C20H24N2O3S/c1-20(2,3)25-19(24)22-17(15-9-10-26-12-15)18(23)21-16-8-7-13-5-4-6-14(13)11-16/h7-12,17H,4-6H2,1-3H3,(H,21,23)(H,22,24). The Hall–Kier alpha value is -2.34. The molecule has 2 aromatic rings. The third-order valence-corrected chi connectivity index (χ3v) is 4.87. The molecular weight excluding hydrogens is 348 g/mol. The third kappa shape index (κ3) is 4.64. The molecule has 1 aliphatic rings. The number of hydrogen-bond donors (Lipinski definition) is 2. The van der Waals surface area contributed by atoms with Crippen molar-refractivity contribution in [1.82, 2.24) is 5.32 Å². The van der Waals surface area contributed by atoms with Gasteiger partial charge in [-0.15, -0.1) is 0 Å². The SMILES string of the molecule is CC(C)(C)OC(=O)NC(C(=O)Nc1ccc2c(c1)CCC2)c1ccsc1. The summed E-state index contributed by atoms with van der Waals surface area (Å²) < 4.78 is 5.30. The van der Waals surface area contributed by atoms with Gasteiger partial charge >= 0.3 is 6.09 Å². The Kier molecular flexibility index (Phi) is 5.32. The molecule has 6 heteroatoms. The van der Waals surface area contributed by atoms with Gasteiger partial charge in [0.2, 0.25) is 0 Å². The monoisotopic (exact) mass is 372 g/mol.